The monoisotopic (exact) mass is 350 g/mol. The predicted octanol–water partition coefficient (Wildman–Crippen LogP) is 4.00. The number of aryl methyl sites for hydroxylation is 1. The number of benzene rings is 1. The summed E-state index contributed by atoms with van der Waals surface area (Å²) in [5, 5.41) is 0. The molecule has 1 aliphatic heterocycles. The molecule has 5 heteroatoms. The van der Waals surface area contributed by atoms with Crippen molar-refractivity contribution in [2.24, 2.45) is 0 Å². The first-order valence-electron chi connectivity index (χ1n) is 6.91. The summed E-state index contributed by atoms with van der Waals surface area (Å²) in [5.41, 5.74) is 0.510. The second-order valence-corrected chi connectivity index (χ2v) is 5.63. The molecule has 2 aromatic rings. The van der Waals surface area contributed by atoms with Crippen LogP contribution in [-0.2, 0) is 6.42 Å². The third-order valence-corrected chi connectivity index (χ3v) is 3.97. The maximum Gasteiger partial charge on any atom is 0.229 e. The van der Waals surface area contributed by atoms with Crippen LogP contribution in [0.3, 0.4) is 0 Å². The highest BCUT2D eigenvalue weighted by Gasteiger charge is 2.21. The van der Waals surface area contributed by atoms with E-state index in [4.69, 9.17) is 13.9 Å². The smallest absolute Gasteiger partial charge is 0.229 e. The Balaban J connectivity index is 1.97. The summed E-state index contributed by atoms with van der Waals surface area (Å²) in [5.74, 6) is 2.22. The van der Waals surface area contributed by atoms with Gasteiger partial charge in [0.15, 0.2) is 17.3 Å². The van der Waals surface area contributed by atoms with E-state index in [2.05, 4.69) is 15.9 Å². The number of hydrogen-bond acceptors (Lipinski definition) is 4. The van der Waals surface area contributed by atoms with Crippen LogP contribution in [0.1, 0.15) is 35.2 Å². The summed E-state index contributed by atoms with van der Waals surface area (Å²) >= 11 is 3.42. The van der Waals surface area contributed by atoms with E-state index < -0.39 is 0 Å². The van der Waals surface area contributed by atoms with Gasteiger partial charge in [0.2, 0.25) is 5.78 Å². The van der Waals surface area contributed by atoms with E-state index in [1.807, 2.05) is 13.0 Å². The Bertz CT molecular complexity index is 675. The molecule has 1 aliphatic rings. The van der Waals surface area contributed by atoms with E-state index in [0.717, 1.165) is 18.6 Å². The van der Waals surface area contributed by atoms with Gasteiger partial charge in [0.1, 0.15) is 5.76 Å². The van der Waals surface area contributed by atoms with Crippen molar-refractivity contribution >= 4 is 21.7 Å². The van der Waals surface area contributed by atoms with Gasteiger partial charge in [-0.3, -0.25) is 4.79 Å². The van der Waals surface area contributed by atoms with Gasteiger partial charge in [-0.05, 0) is 40.2 Å². The Kier molecular flexibility index (Phi) is 4.01. The van der Waals surface area contributed by atoms with Crippen LogP contribution < -0.4 is 9.47 Å². The van der Waals surface area contributed by atoms with Gasteiger partial charge in [0.05, 0.1) is 13.2 Å². The van der Waals surface area contributed by atoms with Crippen LogP contribution in [0, 0.1) is 0 Å². The molecular formula is C16H15BrO4. The number of hydrogen-bond donors (Lipinski definition) is 0. The maximum absolute atomic E-state index is 12.5. The lowest BCUT2D eigenvalue weighted by Crippen LogP contribution is -2.03. The van der Waals surface area contributed by atoms with Crippen molar-refractivity contribution in [1.82, 2.24) is 0 Å². The summed E-state index contributed by atoms with van der Waals surface area (Å²) in [4.78, 5) is 12.5. The number of carbonyl (C=O) groups is 1. The Hall–Kier alpha value is -1.75. The first-order valence-corrected chi connectivity index (χ1v) is 7.71. The fourth-order valence-corrected chi connectivity index (χ4v) is 2.68. The normalized spacial score (nSPS) is 13.8. The number of halogens is 1. The number of furan rings is 1. The minimum atomic E-state index is -0.169. The predicted molar refractivity (Wildman–Crippen MR) is 81.3 cm³/mol. The van der Waals surface area contributed by atoms with Gasteiger partial charge in [-0.15, -0.1) is 0 Å². The zero-order valence-electron chi connectivity index (χ0n) is 11.6. The van der Waals surface area contributed by atoms with E-state index >= 15 is 0 Å². The fourth-order valence-electron chi connectivity index (χ4n) is 2.18. The van der Waals surface area contributed by atoms with Crippen molar-refractivity contribution in [2.75, 3.05) is 13.2 Å². The number of fused-ring (bicyclic) bond motifs is 1. The lowest BCUT2D eigenvalue weighted by molar-refractivity contribution is 0.101. The molecule has 0 aliphatic carbocycles. The van der Waals surface area contributed by atoms with Crippen molar-refractivity contribution in [1.29, 1.82) is 0 Å². The quantitative estimate of drug-likeness (QED) is 0.785. The molecule has 2 heterocycles. The zero-order valence-corrected chi connectivity index (χ0v) is 13.2. The molecule has 0 spiro atoms. The molecule has 0 N–H and O–H groups in total. The molecule has 21 heavy (non-hydrogen) atoms. The molecule has 1 aromatic heterocycles. The van der Waals surface area contributed by atoms with E-state index in [9.17, 15) is 4.79 Å². The SMILES string of the molecule is CCc1ccc(C(=O)c2cc3c(cc2Br)OCCCO3)o1. The lowest BCUT2D eigenvalue weighted by atomic mass is 10.1. The van der Waals surface area contributed by atoms with E-state index in [1.165, 1.54) is 0 Å². The van der Waals surface area contributed by atoms with E-state index in [0.29, 0.717) is 40.5 Å². The van der Waals surface area contributed by atoms with Crippen LogP contribution in [0.25, 0.3) is 0 Å². The van der Waals surface area contributed by atoms with Crippen molar-refractivity contribution in [3.05, 3.63) is 45.8 Å². The average Bonchev–Trinajstić information content (AvgIpc) is 2.86. The summed E-state index contributed by atoms with van der Waals surface area (Å²) in [7, 11) is 0. The average molecular weight is 351 g/mol. The summed E-state index contributed by atoms with van der Waals surface area (Å²) in [6.45, 7) is 3.18. The van der Waals surface area contributed by atoms with Crippen molar-refractivity contribution in [3.8, 4) is 11.5 Å². The number of ether oxygens (including phenoxy) is 2. The Morgan fingerprint density at radius 2 is 1.90 bits per heavy atom. The highest BCUT2D eigenvalue weighted by molar-refractivity contribution is 9.10. The maximum atomic E-state index is 12.5. The number of carbonyl (C=O) groups excluding carboxylic acids is 1. The minimum absolute atomic E-state index is 0.169. The highest BCUT2D eigenvalue weighted by Crippen LogP contribution is 2.36. The van der Waals surface area contributed by atoms with Crippen LogP contribution >= 0.6 is 15.9 Å². The zero-order chi connectivity index (χ0) is 14.8. The molecule has 1 aromatic carbocycles. The van der Waals surface area contributed by atoms with Crippen LogP contribution in [0.5, 0.6) is 11.5 Å². The van der Waals surface area contributed by atoms with Gasteiger partial charge in [-0.25, -0.2) is 0 Å². The molecule has 3 rings (SSSR count). The molecule has 0 amide bonds. The molecular weight excluding hydrogens is 336 g/mol. The first-order chi connectivity index (χ1) is 10.2. The third kappa shape index (κ3) is 2.83. The standard InChI is InChI=1S/C16H15BrO4/c1-2-10-4-5-13(21-10)16(18)11-8-14-15(9-12(11)17)20-7-3-6-19-14/h4-5,8-9H,2-3,6-7H2,1H3. The molecule has 0 saturated heterocycles. The summed E-state index contributed by atoms with van der Waals surface area (Å²) < 4.78 is 17.4. The molecule has 4 nitrogen and oxygen atoms in total. The second-order valence-electron chi connectivity index (χ2n) is 4.78. The molecule has 0 bridgehead atoms. The summed E-state index contributed by atoms with van der Waals surface area (Å²) in [6.07, 6.45) is 1.59. The Morgan fingerprint density at radius 1 is 1.19 bits per heavy atom. The highest BCUT2D eigenvalue weighted by atomic mass is 79.9. The van der Waals surface area contributed by atoms with E-state index in [-0.39, 0.29) is 5.78 Å². The van der Waals surface area contributed by atoms with Gasteiger partial charge in [0, 0.05) is 22.9 Å². The molecule has 0 saturated carbocycles. The Morgan fingerprint density at radius 3 is 2.57 bits per heavy atom. The van der Waals surface area contributed by atoms with Crippen LogP contribution in [0.2, 0.25) is 0 Å². The minimum Gasteiger partial charge on any atom is -0.490 e. The van der Waals surface area contributed by atoms with Gasteiger partial charge in [-0.1, -0.05) is 6.92 Å². The van der Waals surface area contributed by atoms with Crippen molar-refractivity contribution in [2.45, 2.75) is 19.8 Å². The van der Waals surface area contributed by atoms with Gasteiger partial charge in [-0.2, -0.15) is 0 Å². The molecule has 110 valence electrons. The lowest BCUT2D eigenvalue weighted by Gasteiger charge is -2.10. The molecule has 0 atom stereocenters. The second kappa shape index (κ2) is 5.93. The first kappa shape index (κ1) is 14.2. The topological polar surface area (TPSA) is 48.7 Å². The van der Waals surface area contributed by atoms with Crippen molar-refractivity contribution < 1.29 is 18.7 Å². The van der Waals surface area contributed by atoms with Gasteiger partial charge >= 0.3 is 0 Å². The molecule has 0 radical (unpaired) electrons. The number of rotatable bonds is 3. The fraction of sp³-hybridized carbons (Fsp3) is 0.312. The van der Waals surface area contributed by atoms with Crippen LogP contribution in [0.4, 0.5) is 0 Å². The van der Waals surface area contributed by atoms with Crippen LogP contribution in [0.15, 0.2) is 33.2 Å². The van der Waals surface area contributed by atoms with E-state index in [1.54, 1.807) is 18.2 Å². The Labute approximate surface area is 131 Å². The summed E-state index contributed by atoms with van der Waals surface area (Å²) in [6, 6.07) is 7.01. The van der Waals surface area contributed by atoms with Crippen molar-refractivity contribution in [3.63, 3.8) is 0 Å². The van der Waals surface area contributed by atoms with Gasteiger partial charge < -0.3 is 13.9 Å². The molecule has 0 unspecified atom stereocenters. The number of ketones is 1. The third-order valence-electron chi connectivity index (χ3n) is 3.32. The van der Waals surface area contributed by atoms with Crippen LogP contribution in [-0.4, -0.2) is 19.0 Å². The molecule has 0 fully saturated rings. The van der Waals surface area contributed by atoms with Gasteiger partial charge in [0.25, 0.3) is 0 Å². The largest absolute Gasteiger partial charge is 0.490 e.